The van der Waals surface area contributed by atoms with Gasteiger partial charge in [-0.2, -0.15) is 0 Å². The second kappa shape index (κ2) is 7.56. The van der Waals surface area contributed by atoms with Crippen LogP contribution in [0.2, 0.25) is 10.0 Å². The Labute approximate surface area is 154 Å². The van der Waals surface area contributed by atoms with Gasteiger partial charge in [0.25, 0.3) is 5.91 Å². The maximum atomic E-state index is 12.3. The molecule has 1 unspecified atom stereocenters. The molecule has 3 nitrogen and oxygen atoms in total. The molecule has 0 saturated carbocycles. The maximum absolute atomic E-state index is 12.3. The first-order chi connectivity index (χ1) is 10.8. The summed E-state index contributed by atoms with van der Waals surface area (Å²) in [7, 11) is 0. The number of nitrogens with one attached hydrogen (secondary N) is 1. The molecule has 122 valence electrons. The number of hydrogen-bond donors (Lipinski definition) is 1. The highest BCUT2D eigenvalue weighted by Crippen LogP contribution is 2.29. The summed E-state index contributed by atoms with van der Waals surface area (Å²) in [5.74, 6) is 0.454. The van der Waals surface area contributed by atoms with Gasteiger partial charge >= 0.3 is 0 Å². The third-order valence-corrected chi connectivity index (χ3v) is 4.47. The number of hydrogen-bond acceptors (Lipinski definition) is 2. The highest BCUT2D eigenvalue weighted by atomic mass is 79.9. The third kappa shape index (κ3) is 4.63. The summed E-state index contributed by atoms with van der Waals surface area (Å²) in [6.07, 6.45) is -0.650. The van der Waals surface area contributed by atoms with E-state index in [0.717, 1.165) is 15.6 Å². The zero-order valence-electron chi connectivity index (χ0n) is 12.9. The monoisotopic (exact) mass is 415 g/mol. The number of aryl methyl sites for hydroxylation is 2. The standard InChI is InChI=1S/C17H16BrCl2NO2/c1-9-6-12(18)7-10(2)16(9)23-11(3)17(22)21-13-4-5-14(19)15(20)8-13/h4-8,11H,1-3H3,(H,21,22). The SMILES string of the molecule is Cc1cc(Br)cc(C)c1OC(C)C(=O)Nc1ccc(Cl)c(Cl)c1. The summed E-state index contributed by atoms with van der Waals surface area (Å²) in [5, 5.41) is 3.59. The van der Waals surface area contributed by atoms with Crippen LogP contribution in [0.4, 0.5) is 5.69 Å². The van der Waals surface area contributed by atoms with Crippen LogP contribution < -0.4 is 10.1 Å². The number of halogens is 3. The van der Waals surface area contributed by atoms with E-state index in [2.05, 4.69) is 21.2 Å². The van der Waals surface area contributed by atoms with Crippen molar-refractivity contribution in [1.82, 2.24) is 0 Å². The molecular weight excluding hydrogens is 401 g/mol. The van der Waals surface area contributed by atoms with E-state index >= 15 is 0 Å². The van der Waals surface area contributed by atoms with E-state index in [4.69, 9.17) is 27.9 Å². The molecule has 6 heteroatoms. The Kier molecular flexibility index (Phi) is 5.95. The minimum atomic E-state index is -0.650. The van der Waals surface area contributed by atoms with Gasteiger partial charge in [0.2, 0.25) is 0 Å². The summed E-state index contributed by atoms with van der Waals surface area (Å²) in [6.45, 7) is 5.58. The van der Waals surface area contributed by atoms with Crippen LogP contribution in [-0.2, 0) is 4.79 Å². The van der Waals surface area contributed by atoms with E-state index in [1.165, 1.54) is 0 Å². The Morgan fingerprint density at radius 1 is 1.13 bits per heavy atom. The predicted octanol–water partition coefficient (Wildman–Crippen LogP) is 5.78. The molecule has 0 saturated heterocycles. The van der Waals surface area contributed by atoms with E-state index in [1.54, 1.807) is 25.1 Å². The molecular formula is C17H16BrCl2NO2. The van der Waals surface area contributed by atoms with Crippen LogP contribution in [0.25, 0.3) is 0 Å². The van der Waals surface area contributed by atoms with Crippen LogP contribution in [-0.4, -0.2) is 12.0 Å². The Morgan fingerprint density at radius 2 is 1.74 bits per heavy atom. The lowest BCUT2D eigenvalue weighted by molar-refractivity contribution is -0.122. The fourth-order valence-corrected chi connectivity index (χ4v) is 3.12. The second-order valence-electron chi connectivity index (χ2n) is 5.25. The lowest BCUT2D eigenvalue weighted by Gasteiger charge is -2.18. The molecule has 0 bridgehead atoms. The zero-order chi connectivity index (χ0) is 17.1. The van der Waals surface area contributed by atoms with Crippen molar-refractivity contribution in [2.75, 3.05) is 5.32 Å². The number of ether oxygens (including phenoxy) is 1. The van der Waals surface area contributed by atoms with Crippen molar-refractivity contribution < 1.29 is 9.53 Å². The summed E-state index contributed by atoms with van der Waals surface area (Å²) in [5.41, 5.74) is 2.50. The van der Waals surface area contributed by atoms with Gasteiger partial charge in [-0.3, -0.25) is 4.79 Å². The van der Waals surface area contributed by atoms with E-state index in [0.29, 0.717) is 21.5 Å². The van der Waals surface area contributed by atoms with E-state index in [-0.39, 0.29) is 5.91 Å². The molecule has 2 rings (SSSR count). The normalized spacial score (nSPS) is 11.9. The lowest BCUT2D eigenvalue weighted by atomic mass is 10.1. The maximum Gasteiger partial charge on any atom is 0.265 e. The fraction of sp³-hybridized carbons (Fsp3) is 0.235. The molecule has 0 aliphatic rings. The van der Waals surface area contributed by atoms with Crippen molar-refractivity contribution in [3.63, 3.8) is 0 Å². The summed E-state index contributed by atoms with van der Waals surface area (Å²) >= 11 is 15.2. The van der Waals surface area contributed by atoms with E-state index < -0.39 is 6.10 Å². The molecule has 0 heterocycles. The smallest absolute Gasteiger partial charge is 0.265 e. The molecule has 2 aromatic carbocycles. The van der Waals surface area contributed by atoms with Gasteiger partial charge in [0.1, 0.15) is 5.75 Å². The molecule has 1 N–H and O–H groups in total. The molecule has 0 radical (unpaired) electrons. The minimum Gasteiger partial charge on any atom is -0.480 e. The van der Waals surface area contributed by atoms with Crippen molar-refractivity contribution in [1.29, 1.82) is 0 Å². The summed E-state index contributed by atoms with van der Waals surface area (Å²) in [6, 6.07) is 8.82. The summed E-state index contributed by atoms with van der Waals surface area (Å²) in [4.78, 5) is 12.3. The van der Waals surface area contributed by atoms with Crippen molar-refractivity contribution in [3.05, 3.63) is 56.0 Å². The van der Waals surface area contributed by atoms with E-state index in [1.807, 2.05) is 26.0 Å². The van der Waals surface area contributed by atoms with Crippen molar-refractivity contribution in [2.45, 2.75) is 26.9 Å². The topological polar surface area (TPSA) is 38.3 Å². The Bertz CT molecular complexity index is 726. The van der Waals surface area contributed by atoms with Crippen LogP contribution in [0.3, 0.4) is 0 Å². The first-order valence-corrected chi connectivity index (χ1v) is 8.52. The minimum absolute atomic E-state index is 0.259. The zero-order valence-corrected chi connectivity index (χ0v) is 16.0. The quantitative estimate of drug-likeness (QED) is 0.685. The van der Waals surface area contributed by atoms with Crippen LogP contribution in [0.5, 0.6) is 5.75 Å². The van der Waals surface area contributed by atoms with Gasteiger partial charge in [-0.15, -0.1) is 0 Å². The first-order valence-electron chi connectivity index (χ1n) is 6.97. The predicted molar refractivity (Wildman–Crippen MR) is 98.8 cm³/mol. The number of amides is 1. The van der Waals surface area contributed by atoms with Gasteiger partial charge in [0, 0.05) is 10.2 Å². The van der Waals surface area contributed by atoms with Crippen LogP contribution in [0, 0.1) is 13.8 Å². The fourth-order valence-electron chi connectivity index (χ4n) is 2.13. The molecule has 0 aliphatic heterocycles. The first kappa shape index (κ1) is 18.1. The average molecular weight is 417 g/mol. The number of carbonyl (C=O) groups is 1. The van der Waals surface area contributed by atoms with Crippen LogP contribution >= 0.6 is 39.1 Å². The van der Waals surface area contributed by atoms with Gasteiger partial charge in [-0.1, -0.05) is 39.1 Å². The van der Waals surface area contributed by atoms with Gasteiger partial charge in [-0.25, -0.2) is 0 Å². The lowest BCUT2D eigenvalue weighted by Crippen LogP contribution is -2.30. The third-order valence-electron chi connectivity index (χ3n) is 3.28. The van der Waals surface area contributed by atoms with Gasteiger partial charge in [-0.05, 0) is 62.2 Å². The molecule has 1 atom stereocenters. The molecule has 0 aromatic heterocycles. The highest BCUT2D eigenvalue weighted by molar-refractivity contribution is 9.10. The van der Waals surface area contributed by atoms with E-state index in [9.17, 15) is 4.79 Å². The van der Waals surface area contributed by atoms with Crippen LogP contribution in [0.15, 0.2) is 34.8 Å². The number of carbonyl (C=O) groups excluding carboxylic acids is 1. The number of anilines is 1. The highest BCUT2D eigenvalue weighted by Gasteiger charge is 2.17. The van der Waals surface area contributed by atoms with Gasteiger partial charge < -0.3 is 10.1 Å². The average Bonchev–Trinajstić information content (AvgIpc) is 2.46. The van der Waals surface area contributed by atoms with Crippen molar-refractivity contribution in [3.8, 4) is 5.75 Å². The van der Waals surface area contributed by atoms with Gasteiger partial charge in [0.15, 0.2) is 6.10 Å². The molecule has 2 aromatic rings. The summed E-state index contributed by atoms with van der Waals surface area (Å²) < 4.78 is 6.81. The van der Waals surface area contributed by atoms with Gasteiger partial charge in [0.05, 0.1) is 10.0 Å². The molecule has 0 fully saturated rings. The molecule has 0 spiro atoms. The largest absolute Gasteiger partial charge is 0.480 e. The molecule has 0 aliphatic carbocycles. The number of benzene rings is 2. The van der Waals surface area contributed by atoms with Crippen molar-refractivity contribution in [2.24, 2.45) is 0 Å². The molecule has 1 amide bonds. The molecule has 23 heavy (non-hydrogen) atoms. The Balaban J connectivity index is 2.10. The second-order valence-corrected chi connectivity index (χ2v) is 6.98. The van der Waals surface area contributed by atoms with Crippen molar-refractivity contribution >= 4 is 50.7 Å². The number of rotatable bonds is 4. The Morgan fingerprint density at radius 3 is 2.30 bits per heavy atom. The Hall–Kier alpha value is -1.23. The van der Waals surface area contributed by atoms with Crippen LogP contribution in [0.1, 0.15) is 18.1 Å².